The number of ether oxygens (including phenoxy) is 2. The zero-order chi connectivity index (χ0) is 37.9. The maximum atomic E-state index is 12.6. The Morgan fingerprint density at radius 3 is 1.45 bits per heavy atom. The topological polar surface area (TPSA) is 111 Å². The van der Waals surface area contributed by atoms with Gasteiger partial charge in [0, 0.05) is 12.8 Å². The molecule has 0 radical (unpaired) electrons. The second-order valence-corrected chi connectivity index (χ2v) is 16.8. The normalized spacial score (nSPS) is 13.8. The fourth-order valence-electron chi connectivity index (χ4n) is 5.71. The van der Waals surface area contributed by atoms with Crippen molar-refractivity contribution in [2.45, 2.75) is 193 Å². The molecule has 0 heterocycles. The number of esters is 2. The van der Waals surface area contributed by atoms with Crippen LogP contribution in [0.1, 0.15) is 187 Å². The molecule has 0 spiro atoms. The molecule has 0 aromatic heterocycles. The van der Waals surface area contributed by atoms with Gasteiger partial charge in [-0.05, 0) is 38.5 Å². The number of rotatable bonds is 38. The van der Waals surface area contributed by atoms with E-state index in [4.69, 9.17) is 18.5 Å². The van der Waals surface area contributed by atoms with Gasteiger partial charge >= 0.3 is 11.9 Å². The van der Waals surface area contributed by atoms with Crippen LogP contribution in [0.3, 0.4) is 0 Å². The number of phosphoric acid groups is 1. The molecule has 2 atom stereocenters. The summed E-state index contributed by atoms with van der Waals surface area (Å²) in [6.07, 6.45) is 33.8. The first-order chi connectivity index (χ1) is 24.5. The van der Waals surface area contributed by atoms with E-state index in [2.05, 4.69) is 26.0 Å². The Kier molecular flexibility index (Phi) is 33.7. The van der Waals surface area contributed by atoms with Gasteiger partial charge in [0.1, 0.15) is 19.8 Å². The zero-order valence-electron chi connectivity index (χ0n) is 33.8. The molecule has 51 heavy (non-hydrogen) atoms. The Labute approximate surface area is 314 Å². The van der Waals surface area contributed by atoms with E-state index in [1.54, 1.807) is 0 Å². The van der Waals surface area contributed by atoms with Crippen molar-refractivity contribution in [3.63, 3.8) is 0 Å². The van der Waals surface area contributed by atoms with Crippen LogP contribution in [0.25, 0.3) is 0 Å². The van der Waals surface area contributed by atoms with Gasteiger partial charge in [-0.3, -0.25) is 14.2 Å². The first-order valence-corrected chi connectivity index (χ1v) is 22.4. The first-order valence-electron chi connectivity index (χ1n) is 20.9. The number of allylic oxidation sites excluding steroid dienone is 2. The fraction of sp³-hybridized carbons (Fsp3) is 0.902. The molecule has 0 amide bonds. The van der Waals surface area contributed by atoms with Gasteiger partial charge in [0.25, 0.3) is 7.82 Å². The van der Waals surface area contributed by atoms with Gasteiger partial charge in [-0.25, -0.2) is 0 Å². The number of hydrogen-bond acceptors (Lipinski definition) is 8. The van der Waals surface area contributed by atoms with Crippen LogP contribution in [0.5, 0.6) is 0 Å². The molecular weight excluding hydrogens is 665 g/mol. The summed E-state index contributed by atoms with van der Waals surface area (Å²) in [5, 5.41) is 0. The summed E-state index contributed by atoms with van der Waals surface area (Å²) in [5.41, 5.74) is 0. The number of hydrogen-bond donors (Lipinski definition) is 0. The largest absolute Gasteiger partial charge is 0.756 e. The lowest BCUT2D eigenvalue weighted by Crippen LogP contribution is -2.37. The summed E-state index contributed by atoms with van der Waals surface area (Å²) in [6.45, 7) is 4.20. The van der Waals surface area contributed by atoms with E-state index in [1.807, 2.05) is 21.1 Å². The Hall–Kier alpha value is -1.25. The number of carbonyl (C=O) groups is 2. The van der Waals surface area contributed by atoms with E-state index in [1.165, 1.54) is 109 Å². The Morgan fingerprint density at radius 1 is 0.588 bits per heavy atom. The lowest BCUT2D eigenvalue weighted by atomic mass is 10.1. The maximum Gasteiger partial charge on any atom is 0.306 e. The molecule has 0 aromatic rings. The highest BCUT2D eigenvalue weighted by molar-refractivity contribution is 7.45. The van der Waals surface area contributed by atoms with E-state index < -0.39 is 26.5 Å². The van der Waals surface area contributed by atoms with E-state index >= 15 is 0 Å². The van der Waals surface area contributed by atoms with Gasteiger partial charge in [0.05, 0.1) is 27.7 Å². The molecular formula is C41H80NO8P. The summed E-state index contributed by atoms with van der Waals surface area (Å²) < 4.78 is 33.8. The second-order valence-electron chi connectivity index (χ2n) is 15.4. The maximum absolute atomic E-state index is 12.6. The van der Waals surface area contributed by atoms with E-state index in [0.717, 1.165) is 44.9 Å². The van der Waals surface area contributed by atoms with Crippen molar-refractivity contribution in [1.29, 1.82) is 0 Å². The molecule has 9 nitrogen and oxygen atoms in total. The predicted octanol–water partition coefficient (Wildman–Crippen LogP) is 10.8. The lowest BCUT2D eigenvalue weighted by Gasteiger charge is -2.28. The third-order valence-electron chi connectivity index (χ3n) is 9.04. The van der Waals surface area contributed by atoms with E-state index in [9.17, 15) is 19.0 Å². The third-order valence-corrected chi connectivity index (χ3v) is 10.00. The second kappa shape index (κ2) is 34.5. The minimum absolute atomic E-state index is 0.0289. The molecule has 0 bridgehead atoms. The van der Waals surface area contributed by atoms with E-state index in [-0.39, 0.29) is 32.0 Å². The number of carbonyl (C=O) groups excluding carboxylic acids is 2. The molecule has 302 valence electrons. The fourth-order valence-corrected chi connectivity index (χ4v) is 6.44. The van der Waals surface area contributed by atoms with Crippen molar-refractivity contribution in [3.8, 4) is 0 Å². The molecule has 0 aliphatic rings. The lowest BCUT2D eigenvalue weighted by molar-refractivity contribution is -0.870. The van der Waals surface area contributed by atoms with E-state index in [0.29, 0.717) is 17.4 Å². The minimum atomic E-state index is -4.61. The van der Waals surface area contributed by atoms with Crippen molar-refractivity contribution < 1.29 is 42.1 Å². The van der Waals surface area contributed by atoms with Crippen LogP contribution in [0, 0.1) is 0 Å². The highest BCUT2D eigenvalue weighted by Gasteiger charge is 2.21. The molecule has 0 N–H and O–H groups in total. The summed E-state index contributed by atoms with van der Waals surface area (Å²) >= 11 is 0. The van der Waals surface area contributed by atoms with Crippen molar-refractivity contribution in [2.75, 3.05) is 47.5 Å². The van der Waals surface area contributed by atoms with Crippen LogP contribution in [0.4, 0.5) is 0 Å². The molecule has 0 aromatic carbocycles. The number of unbranched alkanes of at least 4 members (excludes halogenated alkanes) is 22. The molecule has 0 fully saturated rings. The standard InChI is InChI=1S/C41H80NO8P/c1-6-8-10-12-14-16-17-18-19-20-21-22-23-24-26-28-30-32-34-41(44)50-39(38-49-51(45,46)48-36-35-42(3,4)5)37-47-40(43)33-31-29-27-25-15-13-11-9-7-2/h19-20,39H,6-18,21-38H2,1-5H3/b20-19-. The van der Waals surface area contributed by atoms with Gasteiger partial charge in [-0.2, -0.15) is 0 Å². The van der Waals surface area contributed by atoms with Crippen LogP contribution in [0.2, 0.25) is 0 Å². The van der Waals surface area contributed by atoms with Crippen molar-refractivity contribution in [1.82, 2.24) is 0 Å². The smallest absolute Gasteiger partial charge is 0.306 e. The minimum Gasteiger partial charge on any atom is -0.756 e. The molecule has 0 rings (SSSR count). The predicted molar refractivity (Wildman–Crippen MR) is 208 cm³/mol. The molecule has 0 aliphatic heterocycles. The molecule has 0 saturated heterocycles. The van der Waals surface area contributed by atoms with Gasteiger partial charge in [0.15, 0.2) is 6.10 Å². The van der Waals surface area contributed by atoms with Gasteiger partial charge in [0.2, 0.25) is 0 Å². The summed E-state index contributed by atoms with van der Waals surface area (Å²) in [4.78, 5) is 37.3. The molecule has 0 aliphatic carbocycles. The summed E-state index contributed by atoms with van der Waals surface area (Å²) in [7, 11) is 1.17. The van der Waals surface area contributed by atoms with Crippen molar-refractivity contribution >= 4 is 19.8 Å². The first kappa shape index (κ1) is 49.8. The number of likely N-dealkylation sites (N-methyl/N-ethyl adjacent to an activating group) is 1. The zero-order valence-corrected chi connectivity index (χ0v) is 34.7. The van der Waals surface area contributed by atoms with Crippen LogP contribution < -0.4 is 4.89 Å². The Balaban J connectivity index is 4.32. The highest BCUT2D eigenvalue weighted by Crippen LogP contribution is 2.38. The van der Waals surface area contributed by atoms with Crippen LogP contribution in [0.15, 0.2) is 12.2 Å². The Bertz CT molecular complexity index is 891. The van der Waals surface area contributed by atoms with Crippen molar-refractivity contribution in [2.24, 2.45) is 0 Å². The Morgan fingerprint density at radius 2 is 1.00 bits per heavy atom. The number of phosphoric ester groups is 1. The van der Waals surface area contributed by atoms with Crippen LogP contribution in [-0.4, -0.2) is 70.0 Å². The van der Waals surface area contributed by atoms with Crippen molar-refractivity contribution in [3.05, 3.63) is 12.2 Å². The van der Waals surface area contributed by atoms with Gasteiger partial charge in [-0.15, -0.1) is 0 Å². The van der Waals surface area contributed by atoms with Crippen LogP contribution in [-0.2, 0) is 32.7 Å². The summed E-state index contributed by atoms with van der Waals surface area (Å²) in [5.74, 6) is -0.837. The third kappa shape index (κ3) is 38.3. The molecule has 10 heteroatoms. The van der Waals surface area contributed by atoms with Crippen LogP contribution >= 0.6 is 7.82 Å². The SMILES string of the molecule is CCCCCCCCC/C=C\CCCCCCCCCC(=O)OC(COC(=O)CCCCCCCCCCC)COP(=O)([O-])OCC[N+](C)(C)C. The van der Waals surface area contributed by atoms with Gasteiger partial charge in [-0.1, -0.05) is 148 Å². The quantitative estimate of drug-likeness (QED) is 0.0202. The average Bonchev–Trinajstić information content (AvgIpc) is 3.07. The number of quaternary nitrogens is 1. The van der Waals surface area contributed by atoms with Gasteiger partial charge < -0.3 is 27.9 Å². The number of nitrogens with zero attached hydrogens (tertiary/aromatic N) is 1. The highest BCUT2D eigenvalue weighted by atomic mass is 31.2. The monoisotopic (exact) mass is 746 g/mol. The molecule has 0 saturated carbocycles. The summed E-state index contributed by atoms with van der Waals surface area (Å²) in [6, 6.07) is 0. The molecule has 2 unspecified atom stereocenters. The average molecular weight is 746 g/mol.